The lowest BCUT2D eigenvalue weighted by molar-refractivity contribution is -0.129. The fourth-order valence-electron chi connectivity index (χ4n) is 0.242. The van der Waals surface area contributed by atoms with E-state index < -0.39 is 12.6 Å². The lowest BCUT2D eigenvalue weighted by atomic mass is 10.5. The van der Waals surface area contributed by atoms with Gasteiger partial charge in [0.2, 0.25) is 0 Å². The predicted molar refractivity (Wildman–Crippen MR) is 36.9 cm³/mol. The first-order valence-corrected chi connectivity index (χ1v) is 4.54. The maximum atomic E-state index is 11.4. The molecule has 0 aromatic rings. The number of alkyl halides is 4. The van der Waals surface area contributed by atoms with Gasteiger partial charge in [-0.15, -0.1) is 0 Å². The van der Waals surface area contributed by atoms with Crippen molar-refractivity contribution in [3.8, 4) is 0 Å². The third-order valence-corrected chi connectivity index (χ3v) is 2.23. The third-order valence-electron chi connectivity index (χ3n) is 0.607. The van der Waals surface area contributed by atoms with Crippen molar-refractivity contribution in [2.75, 3.05) is 10.4 Å². The van der Waals surface area contributed by atoms with E-state index in [4.69, 9.17) is 0 Å². The van der Waals surface area contributed by atoms with Gasteiger partial charge in [-0.2, -0.15) is 24.9 Å². The number of hydrogen-bond donors (Lipinski definition) is 0. The van der Waals surface area contributed by atoms with E-state index >= 15 is 0 Å². The van der Waals surface area contributed by atoms with Crippen LogP contribution in [0.15, 0.2) is 0 Å². The highest BCUT2D eigenvalue weighted by Crippen LogP contribution is 2.22. The number of hydrogen-bond acceptors (Lipinski definition) is 1. The Kier molecular flexibility index (Phi) is 4.74. The molecule has 0 fully saturated rings. The average Bonchev–Trinajstić information content (AvgIpc) is 1.63. The van der Waals surface area contributed by atoms with Crippen LogP contribution in [-0.2, 0) is 0 Å². The number of halogens is 4. The van der Waals surface area contributed by atoms with Gasteiger partial charge in [0.15, 0.2) is 0 Å². The van der Waals surface area contributed by atoms with Crippen molar-refractivity contribution in [1.82, 2.24) is 0 Å². The normalized spacial score (nSPS) is 12.0. The van der Waals surface area contributed by atoms with Crippen LogP contribution in [0.5, 0.6) is 0 Å². The first-order chi connectivity index (χ1) is 4.06. The minimum Gasteiger partial charge on any atom is -0.171 e. The van der Waals surface area contributed by atoms with Crippen LogP contribution in [0.25, 0.3) is 0 Å². The number of thioether (sulfide) groups is 1. The van der Waals surface area contributed by atoms with Gasteiger partial charge in [-0.1, -0.05) is 15.9 Å². The summed E-state index contributed by atoms with van der Waals surface area (Å²) in [7, 11) is 0. The molecule has 0 aliphatic rings. The second-order valence-electron chi connectivity index (χ2n) is 1.38. The molecule has 0 spiro atoms. The minimum atomic E-state index is -3.99. The molecular formula is C4H6BrF3S. The van der Waals surface area contributed by atoms with Crippen molar-refractivity contribution < 1.29 is 13.2 Å². The van der Waals surface area contributed by atoms with Gasteiger partial charge >= 0.3 is 6.18 Å². The molecule has 56 valence electrons. The Hall–Kier alpha value is 0.620. The van der Waals surface area contributed by atoms with Gasteiger partial charge < -0.3 is 0 Å². The van der Waals surface area contributed by atoms with Gasteiger partial charge in [0.1, 0.15) is 0 Å². The van der Waals surface area contributed by atoms with Crippen molar-refractivity contribution >= 4 is 27.7 Å². The molecule has 0 aliphatic carbocycles. The quantitative estimate of drug-likeness (QED) is 0.523. The Morgan fingerprint density at radius 2 is 1.89 bits per heavy atom. The van der Waals surface area contributed by atoms with E-state index in [1.165, 1.54) is 11.8 Å². The van der Waals surface area contributed by atoms with Gasteiger partial charge in [0.25, 0.3) is 0 Å². The van der Waals surface area contributed by atoms with E-state index in [0.29, 0.717) is 4.66 Å². The molecule has 0 aromatic carbocycles. The van der Waals surface area contributed by atoms with E-state index in [1.807, 2.05) is 0 Å². The fourth-order valence-corrected chi connectivity index (χ4v) is 1.41. The monoisotopic (exact) mass is 222 g/mol. The van der Waals surface area contributed by atoms with E-state index in [0.717, 1.165) is 0 Å². The van der Waals surface area contributed by atoms with Crippen molar-refractivity contribution in [3.05, 3.63) is 0 Å². The Labute approximate surface area is 64.3 Å². The van der Waals surface area contributed by atoms with E-state index in [9.17, 15) is 13.2 Å². The standard InChI is InChI=1S/C4H6BrF3S/c5-3-9-2-1-4(6,7)8/h1-3H2. The molecule has 0 atom stereocenters. The van der Waals surface area contributed by atoms with Crippen LogP contribution < -0.4 is 0 Å². The Balaban J connectivity index is 3.07. The average molecular weight is 223 g/mol. The molecule has 5 heteroatoms. The van der Waals surface area contributed by atoms with Crippen LogP contribution in [0, 0.1) is 0 Å². The molecule has 0 saturated heterocycles. The van der Waals surface area contributed by atoms with E-state index in [2.05, 4.69) is 15.9 Å². The Morgan fingerprint density at radius 1 is 1.33 bits per heavy atom. The smallest absolute Gasteiger partial charge is 0.171 e. The van der Waals surface area contributed by atoms with Crippen LogP contribution in [0.4, 0.5) is 13.2 Å². The third kappa shape index (κ3) is 8.62. The second kappa shape index (κ2) is 4.44. The topological polar surface area (TPSA) is 0 Å². The molecule has 0 aromatic heterocycles. The lowest BCUT2D eigenvalue weighted by Gasteiger charge is -2.02. The van der Waals surface area contributed by atoms with Crippen LogP contribution >= 0.6 is 27.7 Å². The van der Waals surface area contributed by atoms with Crippen LogP contribution in [0.3, 0.4) is 0 Å². The number of rotatable bonds is 3. The summed E-state index contributed by atoms with van der Waals surface area (Å²) in [6.45, 7) is 0. The summed E-state index contributed by atoms with van der Waals surface area (Å²) in [5.74, 6) is 0.148. The molecule has 0 radical (unpaired) electrons. The summed E-state index contributed by atoms with van der Waals surface area (Å²) in [6.07, 6.45) is -4.68. The molecule has 9 heavy (non-hydrogen) atoms. The van der Waals surface area contributed by atoms with Crippen molar-refractivity contribution in [1.29, 1.82) is 0 Å². The zero-order valence-corrected chi connectivity index (χ0v) is 6.94. The highest BCUT2D eigenvalue weighted by molar-refractivity contribution is 9.11. The summed E-state index contributed by atoms with van der Waals surface area (Å²) in [5.41, 5.74) is 0. The first-order valence-electron chi connectivity index (χ1n) is 2.27. The highest BCUT2D eigenvalue weighted by Gasteiger charge is 2.25. The van der Waals surface area contributed by atoms with Gasteiger partial charge in [-0.25, -0.2) is 0 Å². The summed E-state index contributed by atoms with van der Waals surface area (Å²) >= 11 is 4.24. The maximum absolute atomic E-state index is 11.4. The van der Waals surface area contributed by atoms with Gasteiger partial charge in [0, 0.05) is 10.4 Å². The molecule has 0 nitrogen and oxygen atoms in total. The summed E-state index contributed by atoms with van der Waals surface area (Å²) in [6, 6.07) is 0. The highest BCUT2D eigenvalue weighted by atomic mass is 79.9. The Morgan fingerprint density at radius 3 is 2.22 bits per heavy atom. The summed E-state index contributed by atoms with van der Waals surface area (Å²) < 4.78 is 34.6. The maximum Gasteiger partial charge on any atom is 0.389 e. The minimum absolute atomic E-state index is 0.148. The molecule has 0 rings (SSSR count). The lowest BCUT2D eigenvalue weighted by Crippen LogP contribution is -2.07. The molecular weight excluding hydrogens is 217 g/mol. The predicted octanol–water partition coefficient (Wildman–Crippen LogP) is 3.02. The first kappa shape index (κ1) is 9.62. The van der Waals surface area contributed by atoms with Crippen molar-refractivity contribution in [2.45, 2.75) is 12.6 Å². The van der Waals surface area contributed by atoms with Crippen molar-refractivity contribution in [3.63, 3.8) is 0 Å². The molecule has 0 aliphatic heterocycles. The molecule has 0 heterocycles. The van der Waals surface area contributed by atoms with Crippen LogP contribution in [-0.4, -0.2) is 16.6 Å². The van der Waals surface area contributed by atoms with Crippen LogP contribution in [0.1, 0.15) is 6.42 Å². The zero-order chi connectivity index (χ0) is 7.33. The molecule has 0 unspecified atom stereocenters. The second-order valence-corrected chi connectivity index (χ2v) is 3.79. The fraction of sp³-hybridized carbons (Fsp3) is 1.00. The van der Waals surface area contributed by atoms with Crippen LogP contribution in [0.2, 0.25) is 0 Å². The Bertz CT molecular complexity index is 72.7. The van der Waals surface area contributed by atoms with E-state index in [1.54, 1.807) is 0 Å². The molecule has 0 N–H and O–H groups in total. The van der Waals surface area contributed by atoms with Gasteiger partial charge in [-0.3, -0.25) is 0 Å². The largest absolute Gasteiger partial charge is 0.389 e. The van der Waals surface area contributed by atoms with E-state index in [-0.39, 0.29) is 5.75 Å². The summed E-state index contributed by atoms with van der Waals surface area (Å²) in [4.78, 5) is 0. The summed E-state index contributed by atoms with van der Waals surface area (Å²) in [5, 5.41) is 0. The van der Waals surface area contributed by atoms with Gasteiger partial charge in [0.05, 0.1) is 6.42 Å². The zero-order valence-electron chi connectivity index (χ0n) is 4.54. The molecule has 0 saturated carbocycles. The molecule has 0 amide bonds. The SMILES string of the molecule is FC(F)(F)CCSCBr. The van der Waals surface area contributed by atoms with Gasteiger partial charge in [-0.05, 0) is 0 Å². The molecule has 0 bridgehead atoms. The van der Waals surface area contributed by atoms with Crippen molar-refractivity contribution in [2.24, 2.45) is 0 Å².